The van der Waals surface area contributed by atoms with E-state index in [1.54, 1.807) is 11.8 Å². The maximum absolute atomic E-state index is 13.0. The molecule has 1 N–H and O–H groups in total. The largest absolute Gasteiger partial charge is 0.391 e. The summed E-state index contributed by atoms with van der Waals surface area (Å²) < 4.78 is 13.0. The van der Waals surface area contributed by atoms with Crippen LogP contribution in [0.2, 0.25) is 0 Å². The van der Waals surface area contributed by atoms with Crippen LogP contribution in [-0.4, -0.2) is 35.1 Å². The number of aliphatic hydroxyl groups is 1. The molecule has 4 heteroatoms. The number of benzene rings is 1. The number of likely N-dealkylation sites (tertiary alicyclic amines) is 1. The lowest BCUT2D eigenvalue weighted by Crippen LogP contribution is -2.42. The molecule has 1 aliphatic heterocycles. The molecule has 1 saturated heterocycles. The zero-order valence-corrected chi connectivity index (χ0v) is 9.82. The Hall–Kier alpha value is -1.42. The van der Waals surface area contributed by atoms with Gasteiger partial charge in [-0.2, -0.15) is 0 Å². The molecule has 0 spiro atoms. The van der Waals surface area contributed by atoms with Crippen molar-refractivity contribution < 1.29 is 14.3 Å². The van der Waals surface area contributed by atoms with E-state index < -0.39 is 6.10 Å². The quantitative estimate of drug-likeness (QED) is 0.808. The molecule has 2 rings (SSSR count). The van der Waals surface area contributed by atoms with Crippen LogP contribution in [0.5, 0.6) is 0 Å². The Labute approximate surface area is 99.9 Å². The molecular weight excluding hydrogens is 221 g/mol. The van der Waals surface area contributed by atoms with E-state index in [2.05, 4.69) is 0 Å². The van der Waals surface area contributed by atoms with Crippen molar-refractivity contribution in [3.05, 3.63) is 35.1 Å². The Morgan fingerprint density at radius 1 is 1.53 bits per heavy atom. The Bertz CT molecular complexity index is 433. The Morgan fingerprint density at radius 3 is 2.94 bits per heavy atom. The average Bonchev–Trinajstić information content (AvgIpc) is 2.28. The number of β-amino-alcohol motifs (C(OH)–C–C–N with tert-alkyl or cyclic N) is 1. The molecule has 1 atom stereocenters. The van der Waals surface area contributed by atoms with E-state index in [-0.39, 0.29) is 11.7 Å². The van der Waals surface area contributed by atoms with Crippen LogP contribution >= 0.6 is 0 Å². The van der Waals surface area contributed by atoms with Gasteiger partial charge in [-0.15, -0.1) is 0 Å². The first-order chi connectivity index (χ1) is 8.08. The second kappa shape index (κ2) is 4.84. The lowest BCUT2D eigenvalue weighted by Gasteiger charge is -2.30. The van der Waals surface area contributed by atoms with E-state index in [4.69, 9.17) is 0 Å². The summed E-state index contributed by atoms with van der Waals surface area (Å²) in [6, 6.07) is 4.15. The highest BCUT2D eigenvalue weighted by molar-refractivity contribution is 5.95. The molecule has 17 heavy (non-hydrogen) atoms. The van der Waals surface area contributed by atoms with E-state index in [0.29, 0.717) is 24.2 Å². The average molecular weight is 237 g/mol. The molecule has 1 fully saturated rings. The molecule has 1 amide bonds. The molecule has 1 aromatic carbocycles. The number of nitrogens with zero attached hydrogens (tertiary/aromatic N) is 1. The molecule has 1 aromatic rings. The van der Waals surface area contributed by atoms with Crippen LogP contribution in [0, 0.1) is 12.7 Å². The molecule has 0 unspecified atom stereocenters. The molecule has 1 aliphatic rings. The van der Waals surface area contributed by atoms with Crippen LogP contribution in [-0.2, 0) is 0 Å². The predicted octanol–water partition coefficient (Wildman–Crippen LogP) is 1.73. The fraction of sp³-hybridized carbons (Fsp3) is 0.462. The normalized spacial score (nSPS) is 20.4. The highest BCUT2D eigenvalue weighted by Crippen LogP contribution is 2.17. The third-order valence-electron chi connectivity index (χ3n) is 3.10. The van der Waals surface area contributed by atoms with E-state index in [1.807, 2.05) is 0 Å². The first-order valence-electron chi connectivity index (χ1n) is 5.81. The Morgan fingerprint density at radius 2 is 2.29 bits per heavy atom. The second-order valence-electron chi connectivity index (χ2n) is 4.51. The topological polar surface area (TPSA) is 40.5 Å². The van der Waals surface area contributed by atoms with Gasteiger partial charge in [0, 0.05) is 18.7 Å². The second-order valence-corrected chi connectivity index (χ2v) is 4.51. The monoisotopic (exact) mass is 237 g/mol. The van der Waals surface area contributed by atoms with Crippen molar-refractivity contribution in [1.82, 2.24) is 4.90 Å². The molecular formula is C13H16FNO2. The molecule has 92 valence electrons. The molecule has 1 heterocycles. The summed E-state index contributed by atoms with van der Waals surface area (Å²) in [5.74, 6) is -0.459. The zero-order valence-electron chi connectivity index (χ0n) is 9.82. The van der Waals surface area contributed by atoms with Crippen molar-refractivity contribution in [3.63, 3.8) is 0 Å². The number of piperidine rings is 1. The van der Waals surface area contributed by atoms with E-state index >= 15 is 0 Å². The van der Waals surface area contributed by atoms with Gasteiger partial charge in [0.05, 0.1) is 6.10 Å². The van der Waals surface area contributed by atoms with Crippen molar-refractivity contribution >= 4 is 5.91 Å². The minimum atomic E-state index is -0.437. The number of hydrogen-bond donors (Lipinski definition) is 1. The van der Waals surface area contributed by atoms with Crippen molar-refractivity contribution in [1.29, 1.82) is 0 Å². The number of aryl methyl sites for hydroxylation is 1. The van der Waals surface area contributed by atoms with E-state index in [0.717, 1.165) is 12.8 Å². The number of carbonyl (C=O) groups is 1. The Kier molecular flexibility index (Phi) is 3.43. The van der Waals surface area contributed by atoms with E-state index in [1.165, 1.54) is 18.2 Å². The van der Waals surface area contributed by atoms with Gasteiger partial charge >= 0.3 is 0 Å². The van der Waals surface area contributed by atoms with Crippen LogP contribution in [0.25, 0.3) is 0 Å². The minimum absolute atomic E-state index is 0.124. The van der Waals surface area contributed by atoms with Crippen LogP contribution < -0.4 is 0 Å². The summed E-state index contributed by atoms with van der Waals surface area (Å²) in [5.41, 5.74) is 1.15. The van der Waals surface area contributed by atoms with Crippen molar-refractivity contribution in [2.24, 2.45) is 0 Å². The van der Waals surface area contributed by atoms with Gasteiger partial charge in [-0.3, -0.25) is 4.79 Å². The SMILES string of the molecule is Cc1cc(F)ccc1C(=O)N1CCC[C@H](O)C1. The van der Waals surface area contributed by atoms with Gasteiger partial charge in [-0.25, -0.2) is 4.39 Å². The van der Waals surface area contributed by atoms with Crippen LogP contribution in [0.1, 0.15) is 28.8 Å². The van der Waals surface area contributed by atoms with Gasteiger partial charge in [-0.1, -0.05) is 0 Å². The molecule has 3 nitrogen and oxygen atoms in total. The third kappa shape index (κ3) is 2.64. The number of amides is 1. The van der Waals surface area contributed by atoms with Gasteiger partial charge in [0.1, 0.15) is 5.82 Å². The molecule has 0 aromatic heterocycles. The van der Waals surface area contributed by atoms with Crippen molar-refractivity contribution in [2.75, 3.05) is 13.1 Å². The third-order valence-corrected chi connectivity index (χ3v) is 3.10. The zero-order chi connectivity index (χ0) is 12.4. The van der Waals surface area contributed by atoms with Gasteiger partial charge in [0.25, 0.3) is 5.91 Å². The molecule has 0 aliphatic carbocycles. The molecule has 0 radical (unpaired) electrons. The summed E-state index contributed by atoms with van der Waals surface area (Å²) in [7, 11) is 0. The van der Waals surface area contributed by atoms with Gasteiger partial charge in [0.2, 0.25) is 0 Å². The van der Waals surface area contributed by atoms with E-state index in [9.17, 15) is 14.3 Å². The van der Waals surface area contributed by atoms with Gasteiger partial charge in [-0.05, 0) is 43.5 Å². The number of halogens is 1. The van der Waals surface area contributed by atoms with Crippen LogP contribution in [0.15, 0.2) is 18.2 Å². The predicted molar refractivity (Wildman–Crippen MR) is 62.3 cm³/mol. The van der Waals surface area contributed by atoms with Crippen LogP contribution in [0.3, 0.4) is 0 Å². The number of carbonyl (C=O) groups excluding carboxylic acids is 1. The Balaban J connectivity index is 2.18. The minimum Gasteiger partial charge on any atom is -0.391 e. The highest BCUT2D eigenvalue weighted by atomic mass is 19.1. The number of rotatable bonds is 1. The first-order valence-corrected chi connectivity index (χ1v) is 5.81. The molecule has 0 bridgehead atoms. The summed E-state index contributed by atoms with van der Waals surface area (Å²) in [6.45, 7) is 2.75. The maximum Gasteiger partial charge on any atom is 0.254 e. The lowest BCUT2D eigenvalue weighted by atomic mass is 10.0. The fourth-order valence-corrected chi connectivity index (χ4v) is 2.18. The highest BCUT2D eigenvalue weighted by Gasteiger charge is 2.23. The van der Waals surface area contributed by atoms with Crippen molar-refractivity contribution in [3.8, 4) is 0 Å². The van der Waals surface area contributed by atoms with Crippen molar-refractivity contribution in [2.45, 2.75) is 25.9 Å². The van der Waals surface area contributed by atoms with Gasteiger partial charge in [0.15, 0.2) is 0 Å². The standard InChI is InChI=1S/C13H16FNO2/c1-9-7-10(14)4-5-12(9)13(17)15-6-2-3-11(16)8-15/h4-5,7,11,16H,2-3,6,8H2,1H3/t11-/m0/s1. The smallest absolute Gasteiger partial charge is 0.254 e. The van der Waals surface area contributed by atoms with Crippen LogP contribution in [0.4, 0.5) is 4.39 Å². The summed E-state index contributed by atoms with van der Waals surface area (Å²) in [4.78, 5) is 13.8. The maximum atomic E-state index is 13.0. The summed E-state index contributed by atoms with van der Waals surface area (Å²) in [6.07, 6.45) is 1.12. The number of aliphatic hydroxyl groups excluding tert-OH is 1. The molecule has 0 saturated carbocycles. The van der Waals surface area contributed by atoms with Gasteiger partial charge < -0.3 is 10.0 Å². The summed E-state index contributed by atoms with van der Waals surface area (Å²) in [5, 5.41) is 9.53. The number of hydrogen-bond acceptors (Lipinski definition) is 2. The lowest BCUT2D eigenvalue weighted by molar-refractivity contribution is 0.0473. The summed E-state index contributed by atoms with van der Waals surface area (Å²) >= 11 is 0. The fourth-order valence-electron chi connectivity index (χ4n) is 2.18. The first kappa shape index (κ1) is 12.0.